The lowest BCUT2D eigenvalue weighted by Crippen LogP contribution is -2.16. The summed E-state index contributed by atoms with van der Waals surface area (Å²) in [6, 6.07) is 14.3. The van der Waals surface area contributed by atoms with Gasteiger partial charge >= 0.3 is 0 Å². The summed E-state index contributed by atoms with van der Waals surface area (Å²) in [7, 11) is 0. The molecular formula is C15H12ClNO. The van der Waals surface area contributed by atoms with Gasteiger partial charge in [-0.3, -0.25) is 4.79 Å². The number of hydrogen-bond donors (Lipinski definition) is 0. The number of carbonyl (C=O) groups excluding carboxylic acids is 1. The summed E-state index contributed by atoms with van der Waals surface area (Å²) in [6.45, 7) is 1.45. The second kappa shape index (κ2) is 4.14. The highest BCUT2D eigenvalue weighted by atomic mass is 35.5. The standard InChI is InChI=1S/C15H12ClNO/c1-10(18)17(16)13-6-7-15-12(9-13)8-11-4-2-3-5-14(11)15/h2-7,9H,8H2,1H3. The zero-order chi connectivity index (χ0) is 12.7. The Hall–Kier alpha value is -1.80. The van der Waals surface area contributed by atoms with Crippen molar-refractivity contribution < 1.29 is 4.79 Å². The van der Waals surface area contributed by atoms with E-state index in [0.717, 1.165) is 16.5 Å². The van der Waals surface area contributed by atoms with Crippen molar-refractivity contribution in [1.82, 2.24) is 0 Å². The van der Waals surface area contributed by atoms with Gasteiger partial charge in [-0.05, 0) is 40.8 Å². The second-order valence-electron chi connectivity index (χ2n) is 4.48. The zero-order valence-corrected chi connectivity index (χ0v) is 10.7. The van der Waals surface area contributed by atoms with E-state index in [-0.39, 0.29) is 5.91 Å². The maximum Gasteiger partial charge on any atom is 0.238 e. The molecule has 1 aliphatic carbocycles. The first-order valence-corrected chi connectivity index (χ1v) is 6.18. The number of halogens is 1. The molecule has 0 N–H and O–H groups in total. The molecule has 2 aromatic carbocycles. The summed E-state index contributed by atoms with van der Waals surface area (Å²) >= 11 is 5.94. The van der Waals surface area contributed by atoms with E-state index in [4.69, 9.17) is 11.8 Å². The molecule has 0 fully saturated rings. The summed E-state index contributed by atoms with van der Waals surface area (Å²) in [5.74, 6) is -0.174. The lowest BCUT2D eigenvalue weighted by Gasteiger charge is -2.12. The number of fused-ring (bicyclic) bond motifs is 3. The number of anilines is 1. The minimum Gasteiger partial charge on any atom is -0.274 e. The molecule has 0 aliphatic heterocycles. The number of amides is 1. The predicted molar refractivity (Wildman–Crippen MR) is 73.7 cm³/mol. The molecule has 0 aromatic heterocycles. The van der Waals surface area contributed by atoms with Gasteiger partial charge in [0.05, 0.1) is 5.69 Å². The topological polar surface area (TPSA) is 20.3 Å². The molecule has 90 valence electrons. The van der Waals surface area contributed by atoms with Crippen LogP contribution in [0.5, 0.6) is 0 Å². The Morgan fingerprint density at radius 1 is 1.11 bits per heavy atom. The molecule has 0 spiro atoms. The van der Waals surface area contributed by atoms with Crippen LogP contribution in [0.1, 0.15) is 18.1 Å². The minimum atomic E-state index is -0.174. The molecule has 18 heavy (non-hydrogen) atoms. The van der Waals surface area contributed by atoms with E-state index < -0.39 is 0 Å². The van der Waals surface area contributed by atoms with Crippen molar-refractivity contribution in [1.29, 1.82) is 0 Å². The van der Waals surface area contributed by atoms with Crippen LogP contribution in [-0.2, 0) is 11.2 Å². The molecule has 1 aliphatic rings. The van der Waals surface area contributed by atoms with E-state index in [0.29, 0.717) is 0 Å². The van der Waals surface area contributed by atoms with Crippen LogP contribution in [0.25, 0.3) is 11.1 Å². The summed E-state index contributed by atoms with van der Waals surface area (Å²) in [5.41, 5.74) is 5.80. The maximum absolute atomic E-state index is 11.3. The second-order valence-corrected chi connectivity index (χ2v) is 4.81. The quantitative estimate of drug-likeness (QED) is 0.608. The Kier molecular flexibility index (Phi) is 2.60. The van der Waals surface area contributed by atoms with Crippen molar-refractivity contribution >= 4 is 23.4 Å². The molecule has 2 aromatic rings. The van der Waals surface area contributed by atoms with Crippen molar-refractivity contribution in [2.45, 2.75) is 13.3 Å². The summed E-state index contributed by atoms with van der Waals surface area (Å²) in [4.78, 5) is 11.3. The van der Waals surface area contributed by atoms with Crippen molar-refractivity contribution in [2.24, 2.45) is 0 Å². The van der Waals surface area contributed by atoms with Gasteiger partial charge in [-0.2, -0.15) is 0 Å². The third-order valence-corrected chi connectivity index (χ3v) is 3.71. The molecule has 2 nitrogen and oxygen atoms in total. The molecule has 0 unspecified atom stereocenters. The van der Waals surface area contributed by atoms with Crippen LogP contribution in [-0.4, -0.2) is 5.91 Å². The summed E-state index contributed by atoms with van der Waals surface area (Å²) in [5, 5.41) is 0. The van der Waals surface area contributed by atoms with Crippen LogP contribution in [0.2, 0.25) is 0 Å². The third-order valence-electron chi connectivity index (χ3n) is 3.28. The van der Waals surface area contributed by atoms with E-state index >= 15 is 0 Å². The smallest absolute Gasteiger partial charge is 0.238 e. The Balaban J connectivity index is 2.06. The van der Waals surface area contributed by atoms with Gasteiger partial charge in [0.1, 0.15) is 0 Å². The normalized spacial score (nSPS) is 11.9. The summed E-state index contributed by atoms with van der Waals surface area (Å²) in [6.07, 6.45) is 0.905. The van der Waals surface area contributed by atoms with E-state index in [1.807, 2.05) is 24.3 Å². The number of nitrogens with zero attached hydrogens (tertiary/aromatic N) is 1. The number of hydrogen-bond acceptors (Lipinski definition) is 1. The van der Waals surface area contributed by atoms with Crippen molar-refractivity contribution in [2.75, 3.05) is 4.42 Å². The molecule has 0 atom stereocenters. The van der Waals surface area contributed by atoms with Crippen LogP contribution in [0.4, 0.5) is 5.69 Å². The predicted octanol–water partition coefficient (Wildman–Crippen LogP) is 3.76. The van der Waals surface area contributed by atoms with Gasteiger partial charge in [-0.25, -0.2) is 4.42 Å². The fourth-order valence-corrected chi connectivity index (χ4v) is 2.54. The highest BCUT2D eigenvalue weighted by molar-refractivity contribution is 6.36. The molecule has 3 rings (SSSR count). The zero-order valence-electron chi connectivity index (χ0n) is 9.98. The summed E-state index contributed by atoms with van der Waals surface area (Å²) < 4.78 is 1.16. The Bertz CT molecular complexity index is 636. The first kappa shape index (κ1) is 11.3. The van der Waals surface area contributed by atoms with Crippen LogP contribution in [0.15, 0.2) is 42.5 Å². The van der Waals surface area contributed by atoms with Gasteiger partial charge in [0.2, 0.25) is 5.91 Å². The first-order valence-electron chi connectivity index (χ1n) is 5.84. The fourth-order valence-electron chi connectivity index (χ4n) is 2.44. The van der Waals surface area contributed by atoms with E-state index in [2.05, 4.69) is 18.2 Å². The van der Waals surface area contributed by atoms with Gasteiger partial charge < -0.3 is 0 Å². The third kappa shape index (κ3) is 1.70. The molecule has 0 saturated heterocycles. The minimum absolute atomic E-state index is 0.174. The molecular weight excluding hydrogens is 246 g/mol. The van der Waals surface area contributed by atoms with Crippen molar-refractivity contribution in [3.05, 3.63) is 53.6 Å². The number of carbonyl (C=O) groups is 1. The van der Waals surface area contributed by atoms with Gasteiger partial charge in [0.15, 0.2) is 0 Å². The lowest BCUT2D eigenvalue weighted by atomic mass is 10.1. The van der Waals surface area contributed by atoms with Crippen LogP contribution in [0, 0.1) is 0 Å². The molecule has 3 heteroatoms. The van der Waals surface area contributed by atoms with Crippen LogP contribution in [0.3, 0.4) is 0 Å². The van der Waals surface area contributed by atoms with E-state index in [1.54, 1.807) is 0 Å². The maximum atomic E-state index is 11.3. The van der Waals surface area contributed by atoms with Crippen LogP contribution >= 0.6 is 11.8 Å². The Morgan fingerprint density at radius 3 is 2.61 bits per heavy atom. The highest BCUT2D eigenvalue weighted by Gasteiger charge is 2.19. The number of benzene rings is 2. The van der Waals surface area contributed by atoms with Gasteiger partial charge in [-0.15, -0.1) is 0 Å². The van der Waals surface area contributed by atoms with E-state index in [9.17, 15) is 4.79 Å². The molecule has 0 bridgehead atoms. The molecule has 0 heterocycles. The average molecular weight is 258 g/mol. The molecule has 0 saturated carbocycles. The fraction of sp³-hybridized carbons (Fsp3) is 0.133. The van der Waals surface area contributed by atoms with Gasteiger partial charge in [0.25, 0.3) is 0 Å². The SMILES string of the molecule is CC(=O)N(Cl)c1ccc2c(c1)Cc1ccccc1-2. The van der Waals surface area contributed by atoms with Gasteiger partial charge in [0, 0.05) is 18.7 Å². The largest absolute Gasteiger partial charge is 0.274 e. The van der Waals surface area contributed by atoms with Crippen molar-refractivity contribution in [3.63, 3.8) is 0 Å². The Labute approximate surface area is 111 Å². The van der Waals surface area contributed by atoms with Crippen LogP contribution < -0.4 is 4.42 Å². The Morgan fingerprint density at radius 2 is 1.83 bits per heavy atom. The monoisotopic (exact) mass is 257 g/mol. The number of rotatable bonds is 1. The first-order chi connectivity index (χ1) is 8.66. The van der Waals surface area contributed by atoms with Crippen molar-refractivity contribution in [3.8, 4) is 11.1 Å². The lowest BCUT2D eigenvalue weighted by molar-refractivity contribution is -0.115. The average Bonchev–Trinajstić information content (AvgIpc) is 2.75. The molecule has 0 radical (unpaired) electrons. The van der Waals surface area contributed by atoms with E-state index in [1.165, 1.54) is 29.2 Å². The highest BCUT2D eigenvalue weighted by Crippen LogP contribution is 2.38. The van der Waals surface area contributed by atoms with Gasteiger partial charge in [-0.1, -0.05) is 30.3 Å². The molecule has 1 amide bonds.